The number of hydrogen-bond acceptors (Lipinski definition) is 3. The second kappa shape index (κ2) is 10.9. The van der Waals surface area contributed by atoms with Crippen LogP contribution in [0, 0.1) is 11.8 Å². The molecule has 40 heavy (non-hydrogen) atoms. The van der Waals surface area contributed by atoms with Crippen LogP contribution in [0.1, 0.15) is 74.8 Å². The van der Waals surface area contributed by atoms with Crippen molar-refractivity contribution in [1.82, 2.24) is 0 Å². The van der Waals surface area contributed by atoms with Gasteiger partial charge in [-0.05, 0) is 73.8 Å². The highest BCUT2D eigenvalue weighted by Gasteiger charge is 2.69. The van der Waals surface area contributed by atoms with Crippen LogP contribution in [0.25, 0.3) is 0 Å². The van der Waals surface area contributed by atoms with E-state index < -0.39 is 42.9 Å². The van der Waals surface area contributed by atoms with Crippen LogP contribution in [0.3, 0.4) is 0 Å². The zero-order chi connectivity index (χ0) is 28.0. The Morgan fingerprint density at radius 3 is 1.95 bits per heavy atom. The molecule has 0 amide bonds. The first-order valence-corrected chi connectivity index (χ1v) is 17.1. The molecular formula is C33H36F2O3S2. The van der Waals surface area contributed by atoms with Crippen LogP contribution in [0.2, 0.25) is 0 Å². The Bertz CT molecular complexity index is 1370. The van der Waals surface area contributed by atoms with Crippen LogP contribution >= 0.6 is 0 Å². The largest absolute Gasteiger partial charge is 0.745 e. The number of fused-ring (bicyclic) bond motifs is 2. The van der Waals surface area contributed by atoms with Gasteiger partial charge in [0.05, 0.1) is 10.9 Å². The first-order chi connectivity index (χ1) is 19.2. The molecule has 3 aliphatic carbocycles. The Kier molecular flexibility index (Phi) is 7.60. The van der Waals surface area contributed by atoms with Gasteiger partial charge in [0.2, 0.25) is 0 Å². The molecule has 0 heterocycles. The third-order valence-electron chi connectivity index (χ3n) is 9.69. The lowest BCUT2D eigenvalue weighted by Crippen LogP contribution is -2.53. The van der Waals surface area contributed by atoms with Gasteiger partial charge in [-0.15, -0.1) is 0 Å². The molecule has 5 atom stereocenters. The van der Waals surface area contributed by atoms with Gasteiger partial charge in [0.25, 0.3) is 5.00 Å². The van der Waals surface area contributed by atoms with Crippen molar-refractivity contribution in [3.8, 4) is 0 Å². The van der Waals surface area contributed by atoms with E-state index in [1.54, 1.807) is 12.1 Å². The average Bonchev–Trinajstić information content (AvgIpc) is 3.57. The fraction of sp³-hybridized carbons (Fsp3) is 0.455. The molecule has 3 nitrogen and oxygen atoms in total. The molecule has 0 N–H and O–H groups in total. The molecule has 0 spiro atoms. The van der Waals surface area contributed by atoms with Crippen molar-refractivity contribution in [2.45, 2.75) is 89.4 Å². The van der Waals surface area contributed by atoms with Crippen LogP contribution in [0.5, 0.6) is 0 Å². The van der Waals surface area contributed by atoms with E-state index in [2.05, 4.69) is 0 Å². The Hall–Kier alpha value is -2.22. The number of benzene rings is 3. The number of alkyl halides is 2. The fourth-order valence-electron chi connectivity index (χ4n) is 7.81. The molecule has 212 valence electrons. The minimum atomic E-state index is -5.68. The van der Waals surface area contributed by atoms with Crippen molar-refractivity contribution in [3.63, 3.8) is 0 Å². The molecule has 0 saturated heterocycles. The van der Waals surface area contributed by atoms with Crippen molar-refractivity contribution in [2.75, 3.05) is 0 Å². The zero-order valence-corrected chi connectivity index (χ0v) is 24.2. The summed E-state index contributed by atoms with van der Waals surface area (Å²) in [5.74, 6) is -0.394. The molecule has 0 aliphatic heterocycles. The molecule has 0 aromatic heterocycles. The molecule has 7 heteroatoms. The SMILES string of the molecule is O=S(=O)([O-])C(F)(c1ccc(C2CCCCC2)cc1)C(F)C1CC2CCC1([S+](c1ccccc1)c1ccccc1)C2. The molecule has 3 aromatic rings. The topological polar surface area (TPSA) is 57.2 Å². The Balaban J connectivity index is 1.42. The van der Waals surface area contributed by atoms with Crippen LogP contribution in [0.4, 0.5) is 8.78 Å². The van der Waals surface area contributed by atoms with Gasteiger partial charge in [0.1, 0.15) is 14.9 Å². The fourth-order valence-corrected chi connectivity index (χ4v) is 12.0. The molecule has 3 aromatic carbocycles. The Morgan fingerprint density at radius 1 is 0.850 bits per heavy atom. The summed E-state index contributed by atoms with van der Waals surface area (Å²) in [5.41, 5.74) is 0.613. The van der Waals surface area contributed by atoms with Gasteiger partial charge in [-0.1, -0.05) is 79.9 Å². The lowest BCUT2D eigenvalue weighted by atomic mass is 9.80. The van der Waals surface area contributed by atoms with Gasteiger partial charge >= 0.3 is 0 Å². The molecule has 3 saturated carbocycles. The van der Waals surface area contributed by atoms with E-state index in [0.717, 1.165) is 47.5 Å². The first kappa shape index (κ1) is 27.9. The molecule has 0 radical (unpaired) electrons. The van der Waals surface area contributed by atoms with Crippen molar-refractivity contribution < 1.29 is 21.8 Å². The molecule has 5 unspecified atom stereocenters. The number of halogens is 2. The molecule has 3 aliphatic rings. The van der Waals surface area contributed by atoms with Gasteiger partial charge in [-0.25, -0.2) is 17.2 Å². The van der Waals surface area contributed by atoms with Crippen molar-refractivity contribution in [3.05, 3.63) is 96.1 Å². The highest BCUT2D eigenvalue weighted by Crippen LogP contribution is 2.63. The summed E-state index contributed by atoms with van der Waals surface area (Å²) in [6.45, 7) is 0. The van der Waals surface area contributed by atoms with E-state index in [4.69, 9.17) is 0 Å². The highest BCUT2D eigenvalue weighted by molar-refractivity contribution is 7.98. The number of hydrogen-bond donors (Lipinski definition) is 0. The summed E-state index contributed by atoms with van der Waals surface area (Å²) in [6.07, 6.45) is 5.66. The normalized spacial score (nSPS) is 27.5. The molecule has 6 rings (SSSR count). The van der Waals surface area contributed by atoms with Gasteiger partial charge < -0.3 is 4.55 Å². The van der Waals surface area contributed by atoms with Crippen LogP contribution < -0.4 is 0 Å². The van der Waals surface area contributed by atoms with Crippen molar-refractivity contribution >= 4 is 21.0 Å². The quantitative estimate of drug-likeness (QED) is 0.200. The summed E-state index contributed by atoms with van der Waals surface area (Å²) in [4.78, 5) is 2.06. The lowest BCUT2D eigenvalue weighted by Gasteiger charge is -2.41. The smallest absolute Gasteiger partial charge is 0.255 e. The summed E-state index contributed by atoms with van der Waals surface area (Å²) >= 11 is 0. The Labute approximate surface area is 239 Å². The monoisotopic (exact) mass is 582 g/mol. The van der Waals surface area contributed by atoms with E-state index >= 15 is 8.78 Å². The second-order valence-electron chi connectivity index (χ2n) is 11.9. The minimum absolute atomic E-state index is 0.179. The van der Waals surface area contributed by atoms with Crippen molar-refractivity contribution in [1.29, 1.82) is 0 Å². The predicted molar refractivity (Wildman–Crippen MR) is 155 cm³/mol. The van der Waals surface area contributed by atoms with Crippen LogP contribution in [-0.2, 0) is 26.0 Å². The number of rotatable bonds is 8. The van der Waals surface area contributed by atoms with E-state index in [1.807, 2.05) is 60.7 Å². The van der Waals surface area contributed by atoms with Gasteiger partial charge in [-0.2, -0.15) is 0 Å². The maximum atomic E-state index is 16.9. The minimum Gasteiger partial charge on any atom is -0.745 e. The van der Waals surface area contributed by atoms with E-state index in [0.29, 0.717) is 25.2 Å². The van der Waals surface area contributed by atoms with E-state index in [9.17, 15) is 13.0 Å². The highest BCUT2D eigenvalue weighted by atomic mass is 32.2. The third-order valence-corrected chi connectivity index (χ3v) is 13.9. The predicted octanol–water partition coefficient (Wildman–Crippen LogP) is 8.04. The molecule has 3 fully saturated rings. The lowest BCUT2D eigenvalue weighted by molar-refractivity contribution is 0.0490. The molecule has 2 bridgehead atoms. The van der Waals surface area contributed by atoms with Gasteiger partial charge in [-0.3, -0.25) is 0 Å². The standard InChI is InChI=1S/C33H36F2O3S2/c34-31(33(35,40(36,37)38)27-18-16-26(17-19-27)25-10-4-1-5-11-25)30-22-24-20-21-32(30,23-24)39(28-12-6-2-7-13-28)29-14-8-3-9-15-29/h2-3,6-9,12-19,24-25,30-31H,1,4-5,10-11,20-23H2. The maximum Gasteiger partial charge on any atom is 0.255 e. The van der Waals surface area contributed by atoms with E-state index in [-0.39, 0.29) is 11.5 Å². The summed E-state index contributed by atoms with van der Waals surface area (Å²) in [5, 5.41) is -3.65. The first-order valence-electron chi connectivity index (χ1n) is 14.5. The van der Waals surface area contributed by atoms with Gasteiger partial charge in [0, 0.05) is 17.9 Å². The van der Waals surface area contributed by atoms with Crippen LogP contribution in [-0.4, -0.2) is 23.9 Å². The zero-order valence-electron chi connectivity index (χ0n) is 22.6. The summed E-state index contributed by atoms with van der Waals surface area (Å²) in [6, 6.07) is 25.9. The average molecular weight is 583 g/mol. The van der Waals surface area contributed by atoms with Crippen LogP contribution in [0.15, 0.2) is 94.7 Å². The summed E-state index contributed by atoms with van der Waals surface area (Å²) in [7, 11) is -6.30. The third kappa shape index (κ3) is 4.72. The second-order valence-corrected chi connectivity index (χ2v) is 15.8. The maximum absolute atomic E-state index is 16.9. The van der Waals surface area contributed by atoms with Crippen molar-refractivity contribution in [2.24, 2.45) is 11.8 Å². The summed E-state index contributed by atoms with van der Waals surface area (Å²) < 4.78 is 71.3. The molecular weight excluding hydrogens is 546 g/mol. The van der Waals surface area contributed by atoms with Gasteiger partial charge in [0.15, 0.2) is 16.0 Å². The van der Waals surface area contributed by atoms with E-state index in [1.165, 1.54) is 18.6 Å². The Morgan fingerprint density at radius 2 is 1.43 bits per heavy atom.